The van der Waals surface area contributed by atoms with Crippen molar-refractivity contribution in [2.75, 3.05) is 19.6 Å². The van der Waals surface area contributed by atoms with Gasteiger partial charge in [0.05, 0.1) is 11.5 Å². The van der Waals surface area contributed by atoms with Crippen LogP contribution in [0.15, 0.2) is 0 Å². The molecule has 0 bridgehead atoms. The highest BCUT2D eigenvalue weighted by molar-refractivity contribution is 5.83. The van der Waals surface area contributed by atoms with Crippen molar-refractivity contribution in [2.45, 2.75) is 44.6 Å². The summed E-state index contributed by atoms with van der Waals surface area (Å²) in [6, 6.07) is 0. The number of amides is 2. The summed E-state index contributed by atoms with van der Waals surface area (Å²) in [7, 11) is 0. The molecule has 2 rings (SSSR count). The van der Waals surface area contributed by atoms with Crippen molar-refractivity contribution in [3.63, 3.8) is 0 Å². The average molecular weight is 254 g/mol. The third-order valence-corrected chi connectivity index (χ3v) is 3.99. The molecule has 2 amide bonds. The third kappa shape index (κ3) is 3.22. The lowest BCUT2D eigenvalue weighted by Gasteiger charge is -2.29. The summed E-state index contributed by atoms with van der Waals surface area (Å²) in [4.78, 5) is 25.2. The highest BCUT2D eigenvalue weighted by Gasteiger charge is 2.31. The molecule has 2 N–H and O–H groups in total. The molecule has 0 saturated carbocycles. The highest BCUT2D eigenvalue weighted by Crippen LogP contribution is 2.23. The van der Waals surface area contributed by atoms with Gasteiger partial charge in [0.2, 0.25) is 11.8 Å². The fourth-order valence-electron chi connectivity index (χ4n) is 2.69. The maximum Gasteiger partial charge on any atom is 0.227 e. The summed E-state index contributed by atoms with van der Waals surface area (Å²) in [6.07, 6.45) is 3.33. The molecular formula is C13H22N2O3. The molecule has 0 aromatic heterocycles. The molecule has 0 spiro atoms. The zero-order valence-corrected chi connectivity index (χ0v) is 10.9. The lowest BCUT2D eigenvalue weighted by molar-refractivity contribution is -0.137. The molecule has 0 radical (unpaired) electrons. The minimum Gasteiger partial charge on any atom is -0.390 e. The van der Waals surface area contributed by atoms with Gasteiger partial charge in [-0.3, -0.25) is 9.59 Å². The van der Waals surface area contributed by atoms with Crippen molar-refractivity contribution in [1.82, 2.24) is 10.2 Å². The van der Waals surface area contributed by atoms with Crippen molar-refractivity contribution in [3.8, 4) is 0 Å². The number of carbonyl (C=O) groups excluding carboxylic acids is 2. The molecule has 2 aliphatic rings. The van der Waals surface area contributed by atoms with Crippen LogP contribution in [0, 0.1) is 5.92 Å². The van der Waals surface area contributed by atoms with Gasteiger partial charge >= 0.3 is 0 Å². The zero-order valence-electron chi connectivity index (χ0n) is 10.9. The van der Waals surface area contributed by atoms with Gasteiger partial charge in [0.15, 0.2) is 0 Å². The van der Waals surface area contributed by atoms with Crippen LogP contribution in [0.1, 0.15) is 39.0 Å². The van der Waals surface area contributed by atoms with Crippen molar-refractivity contribution < 1.29 is 14.7 Å². The van der Waals surface area contributed by atoms with Crippen LogP contribution < -0.4 is 5.32 Å². The van der Waals surface area contributed by atoms with Gasteiger partial charge in [-0.05, 0) is 32.6 Å². The molecule has 0 aromatic rings. The van der Waals surface area contributed by atoms with Crippen LogP contribution in [0.4, 0.5) is 0 Å². The molecule has 2 unspecified atom stereocenters. The van der Waals surface area contributed by atoms with E-state index in [0.29, 0.717) is 32.4 Å². The smallest absolute Gasteiger partial charge is 0.227 e. The van der Waals surface area contributed by atoms with Gasteiger partial charge < -0.3 is 15.3 Å². The fraction of sp³-hybridized carbons (Fsp3) is 0.846. The van der Waals surface area contributed by atoms with E-state index in [9.17, 15) is 14.7 Å². The van der Waals surface area contributed by atoms with E-state index < -0.39 is 5.60 Å². The van der Waals surface area contributed by atoms with Crippen LogP contribution in [-0.4, -0.2) is 47.1 Å². The van der Waals surface area contributed by atoms with Crippen LogP contribution in [0.3, 0.4) is 0 Å². The normalized spacial score (nSPS) is 33.8. The summed E-state index contributed by atoms with van der Waals surface area (Å²) < 4.78 is 0. The van der Waals surface area contributed by atoms with Crippen LogP contribution in [0.25, 0.3) is 0 Å². The SMILES string of the molecule is CC1(O)CCCN(C(=O)C2CCC(=O)NC2)CC1. The Kier molecular flexibility index (Phi) is 3.90. The molecule has 2 atom stereocenters. The van der Waals surface area contributed by atoms with Gasteiger partial charge in [0.1, 0.15) is 0 Å². The van der Waals surface area contributed by atoms with E-state index in [1.54, 1.807) is 0 Å². The Morgan fingerprint density at radius 3 is 2.89 bits per heavy atom. The first-order valence-corrected chi connectivity index (χ1v) is 6.76. The number of piperidine rings is 1. The van der Waals surface area contributed by atoms with Gasteiger partial charge in [-0.25, -0.2) is 0 Å². The summed E-state index contributed by atoms with van der Waals surface area (Å²) in [6.45, 7) is 3.64. The second-order valence-corrected chi connectivity index (χ2v) is 5.72. The first-order valence-electron chi connectivity index (χ1n) is 6.76. The van der Waals surface area contributed by atoms with Crippen LogP contribution in [0.2, 0.25) is 0 Å². The molecule has 5 heteroatoms. The van der Waals surface area contributed by atoms with E-state index in [2.05, 4.69) is 5.32 Å². The van der Waals surface area contributed by atoms with E-state index in [-0.39, 0.29) is 17.7 Å². The maximum absolute atomic E-state index is 12.3. The minimum atomic E-state index is -0.643. The van der Waals surface area contributed by atoms with E-state index >= 15 is 0 Å². The van der Waals surface area contributed by atoms with E-state index in [4.69, 9.17) is 0 Å². The molecule has 0 aromatic carbocycles. The van der Waals surface area contributed by atoms with Crippen LogP contribution >= 0.6 is 0 Å². The van der Waals surface area contributed by atoms with Gasteiger partial charge in [0.25, 0.3) is 0 Å². The minimum absolute atomic E-state index is 0.0397. The van der Waals surface area contributed by atoms with Gasteiger partial charge in [-0.15, -0.1) is 0 Å². The average Bonchev–Trinajstić information content (AvgIpc) is 2.50. The number of aliphatic hydroxyl groups is 1. The predicted molar refractivity (Wildman–Crippen MR) is 66.8 cm³/mol. The molecule has 0 aliphatic carbocycles. The number of hydrogen-bond acceptors (Lipinski definition) is 3. The Bertz CT molecular complexity index is 331. The summed E-state index contributed by atoms with van der Waals surface area (Å²) >= 11 is 0. The van der Waals surface area contributed by atoms with Crippen molar-refractivity contribution in [1.29, 1.82) is 0 Å². The summed E-state index contributed by atoms with van der Waals surface area (Å²) in [5, 5.41) is 12.8. The number of carbonyl (C=O) groups is 2. The second kappa shape index (κ2) is 5.26. The lowest BCUT2D eigenvalue weighted by atomic mass is 9.97. The van der Waals surface area contributed by atoms with E-state index in [1.807, 2.05) is 11.8 Å². The van der Waals surface area contributed by atoms with Crippen molar-refractivity contribution >= 4 is 11.8 Å². The standard InChI is InChI=1S/C13H22N2O3/c1-13(18)5-2-7-15(8-6-13)12(17)10-3-4-11(16)14-9-10/h10,18H,2-9H2,1H3,(H,14,16). The molecule has 102 valence electrons. The van der Waals surface area contributed by atoms with Crippen molar-refractivity contribution in [2.24, 2.45) is 5.92 Å². The first-order chi connectivity index (χ1) is 8.48. The number of hydrogen-bond donors (Lipinski definition) is 2. The van der Waals surface area contributed by atoms with Crippen LogP contribution in [-0.2, 0) is 9.59 Å². The highest BCUT2D eigenvalue weighted by atomic mass is 16.3. The van der Waals surface area contributed by atoms with Crippen molar-refractivity contribution in [3.05, 3.63) is 0 Å². The Labute approximate surface area is 108 Å². The molecule has 5 nitrogen and oxygen atoms in total. The summed E-state index contributed by atoms with van der Waals surface area (Å²) in [5.74, 6) is 0.0938. The number of nitrogens with zero attached hydrogens (tertiary/aromatic N) is 1. The fourth-order valence-corrected chi connectivity index (χ4v) is 2.69. The summed E-state index contributed by atoms with van der Waals surface area (Å²) in [5.41, 5.74) is -0.643. The quantitative estimate of drug-likeness (QED) is 0.706. The Morgan fingerprint density at radius 1 is 1.44 bits per heavy atom. The molecule has 2 fully saturated rings. The molecular weight excluding hydrogens is 232 g/mol. The Balaban J connectivity index is 1.90. The lowest BCUT2D eigenvalue weighted by Crippen LogP contribution is -2.45. The van der Waals surface area contributed by atoms with Gasteiger partial charge in [0, 0.05) is 26.1 Å². The molecule has 2 heterocycles. The number of nitrogens with one attached hydrogen (secondary N) is 1. The maximum atomic E-state index is 12.3. The first kappa shape index (κ1) is 13.3. The van der Waals surface area contributed by atoms with Crippen LogP contribution in [0.5, 0.6) is 0 Å². The largest absolute Gasteiger partial charge is 0.390 e. The van der Waals surface area contributed by atoms with Gasteiger partial charge in [-0.1, -0.05) is 0 Å². The third-order valence-electron chi connectivity index (χ3n) is 3.99. The Morgan fingerprint density at radius 2 is 2.22 bits per heavy atom. The second-order valence-electron chi connectivity index (χ2n) is 5.72. The number of rotatable bonds is 1. The zero-order chi connectivity index (χ0) is 13.2. The molecule has 2 saturated heterocycles. The van der Waals surface area contributed by atoms with E-state index in [0.717, 1.165) is 19.4 Å². The van der Waals surface area contributed by atoms with E-state index in [1.165, 1.54) is 0 Å². The number of likely N-dealkylation sites (tertiary alicyclic amines) is 1. The molecule has 2 aliphatic heterocycles. The predicted octanol–water partition coefficient (Wildman–Crippen LogP) is 0.276. The van der Waals surface area contributed by atoms with Gasteiger partial charge in [-0.2, -0.15) is 0 Å². The molecule has 18 heavy (non-hydrogen) atoms. The Hall–Kier alpha value is -1.10. The monoisotopic (exact) mass is 254 g/mol. The topological polar surface area (TPSA) is 69.6 Å².